The molecule has 2 aliphatic rings. The minimum atomic E-state index is -3.59. The fourth-order valence-corrected chi connectivity index (χ4v) is 4.77. The number of anilines is 1. The molecule has 1 aromatic carbocycles. The first-order valence-corrected chi connectivity index (χ1v) is 11.2. The maximum atomic E-state index is 12.9. The fourth-order valence-electron chi connectivity index (χ4n) is 3.83. The Balaban J connectivity index is 1.77. The first kappa shape index (κ1) is 20.1. The molecule has 2 heterocycles. The van der Waals surface area contributed by atoms with E-state index in [0.29, 0.717) is 51.3 Å². The summed E-state index contributed by atoms with van der Waals surface area (Å²) < 4.78 is 37.6. The zero-order chi connectivity index (χ0) is 19.7. The lowest BCUT2D eigenvalue weighted by molar-refractivity contribution is -0.187. The van der Waals surface area contributed by atoms with E-state index in [1.165, 1.54) is 4.31 Å². The normalized spacial score (nSPS) is 19.4. The highest BCUT2D eigenvalue weighted by Crippen LogP contribution is 2.32. The van der Waals surface area contributed by atoms with Crippen molar-refractivity contribution in [1.29, 1.82) is 0 Å². The monoisotopic (exact) mass is 396 g/mol. The second-order valence-electron chi connectivity index (χ2n) is 7.19. The molecule has 2 fully saturated rings. The summed E-state index contributed by atoms with van der Waals surface area (Å²) in [6.07, 6.45) is 3.07. The summed E-state index contributed by atoms with van der Waals surface area (Å²) in [5.74, 6) is -0.753. The Morgan fingerprint density at radius 1 is 1.22 bits per heavy atom. The molecule has 1 amide bonds. The van der Waals surface area contributed by atoms with Gasteiger partial charge < -0.3 is 14.4 Å². The average molecular weight is 397 g/mol. The molecule has 0 N–H and O–H groups in total. The van der Waals surface area contributed by atoms with E-state index in [0.717, 1.165) is 17.4 Å². The number of aryl methyl sites for hydroxylation is 2. The van der Waals surface area contributed by atoms with E-state index in [2.05, 4.69) is 0 Å². The van der Waals surface area contributed by atoms with Crippen molar-refractivity contribution >= 4 is 21.6 Å². The number of nitrogens with zero attached hydrogens (tertiary/aromatic N) is 2. The van der Waals surface area contributed by atoms with Crippen LogP contribution in [0.3, 0.4) is 0 Å². The number of sulfonamides is 1. The molecule has 0 bridgehead atoms. The van der Waals surface area contributed by atoms with Crippen LogP contribution < -0.4 is 4.31 Å². The van der Waals surface area contributed by atoms with E-state index in [4.69, 9.17) is 9.47 Å². The lowest BCUT2D eigenvalue weighted by atomic mass is 10.0. The van der Waals surface area contributed by atoms with E-state index >= 15 is 0 Å². The number of carbonyl (C=O) groups is 1. The van der Waals surface area contributed by atoms with Crippen LogP contribution in [-0.4, -0.2) is 64.1 Å². The first-order valence-electron chi connectivity index (χ1n) is 9.38. The van der Waals surface area contributed by atoms with Gasteiger partial charge in [-0.1, -0.05) is 25.1 Å². The molecule has 27 heavy (non-hydrogen) atoms. The Morgan fingerprint density at radius 3 is 2.41 bits per heavy atom. The summed E-state index contributed by atoms with van der Waals surface area (Å²) in [7, 11) is -3.59. The number of ether oxygens (including phenoxy) is 2. The molecule has 0 aromatic heterocycles. The first-order chi connectivity index (χ1) is 12.8. The van der Waals surface area contributed by atoms with Crippen LogP contribution in [0.5, 0.6) is 0 Å². The minimum Gasteiger partial charge on any atom is -0.347 e. The maximum absolute atomic E-state index is 12.9. The summed E-state index contributed by atoms with van der Waals surface area (Å²) in [6, 6.07) is 5.69. The average Bonchev–Trinajstić information content (AvgIpc) is 3.07. The molecule has 0 atom stereocenters. The van der Waals surface area contributed by atoms with Gasteiger partial charge in [0.1, 0.15) is 6.54 Å². The molecule has 3 rings (SSSR count). The number of carbonyl (C=O) groups excluding carboxylic acids is 1. The summed E-state index contributed by atoms with van der Waals surface area (Å²) in [6.45, 7) is 5.84. The van der Waals surface area contributed by atoms with Gasteiger partial charge in [-0.25, -0.2) is 8.42 Å². The summed E-state index contributed by atoms with van der Waals surface area (Å²) >= 11 is 0. The summed E-state index contributed by atoms with van der Waals surface area (Å²) in [4.78, 5) is 14.6. The van der Waals surface area contributed by atoms with Crippen LogP contribution in [-0.2, 0) is 30.7 Å². The summed E-state index contributed by atoms with van der Waals surface area (Å²) in [5.41, 5.74) is 2.38. The van der Waals surface area contributed by atoms with E-state index in [1.807, 2.05) is 32.0 Å². The lowest BCUT2D eigenvalue weighted by Gasteiger charge is -2.38. The molecule has 2 saturated heterocycles. The Hall–Kier alpha value is -1.64. The van der Waals surface area contributed by atoms with Gasteiger partial charge in [0.2, 0.25) is 15.9 Å². The predicted molar refractivity (Wildman–Crippen MR) is 103 cm³/mol. The standard InChI is InChI=1S/C19H28N2O5S/c1-4-16-7-5-6-15(2)18(16)21(27(3,23)24)14-17(22)20-10-8-19(9-11-20)25-12-13-26-19/h5-7H,4,8-14H2,1-3H3. The van der Waals surface area contributed by atoms with E-state index in [9.17, 15) is 13.2 Å². The van der Waals surface area contributed by atoms with Gasteiger partial charge in [0, 0.05) is 25.9 Å². The topological polar surface area (TPSA) is 76.2 Å². The molecule has 0 radical (unpaired) electrons. The molecule has 7 nitrogen and oxygen atoms in total. The molecule has 0 unspecified atom stereocenters. The van der Waals surface area contributed by atoms with Crippen molar-refractivity contribution in [3.8, 4) is 0 Å². The van der Waals surface area contributed by atoms with Crippen molar-refractivity contribution in [3.63, 3.8) is 0 Å². The van der Waals surface area contributed by atoms with Crippen LogP contribution in [0.1, 0.15) is 30.9 Å². The van der Waals surface area contributed by atoms with Crippen molar-refractivity contribution in [1.82, 2.24) is 4.90 Å². The molecule has 2 aliphatic heterocycles. The van der Waals surface area contributed by atoms with Gasteiger partial charge >= 0.3 is 0 Å². The van der Waals surface area contributed by atoms with Crippen LogP contribution in [0.4, 0.5) is 5.69 Å². The van der Waals surface area contributed by atoms with Crippen molar-refractivity contribution in [2.45, 2.75) is 38.9 Å². The zero-order valence-electron chi connectivity index (χ0n) is 16.2. The fraction of sp³-hybridized carbons (Fsp3) is 0.632. The smallest absolute Gasteiger partial charge is 0.243 e. The second kappa shape index (κ2) is 7.77. The van der Waals surface area contributed by atoms with Gasteiger partial charge in [-0.2, -0.15) is 0 Å². The van der Waals surface area contributed by atoms with Crippen molar-refractivity contribution < 1.29 is 22.7 Å². The Labute approximate surface area is 161 Å². The number of piperidine rings is 1. The SMILES string of the molecule is CCc1cccc(C)c1N(CC(=O)N1CCC2(CC1)OCCO2)S(C)(=O)=O. The van der Waals surface area contributed by atoms with Gasteiger partial charge in [-0.05, 0) is 24.5 Å². The molecule has 150 valence electrons. The largest absolute Gasteiger partial charge is 0.347 e. The second-order valence-corrected chi connectivity index (χ2v) is 9.10. The number of para-hydroxylation sites is 1. The highest BCUT2D eigenvalue weighted by molar-refractivity contribution is 7.92. The minimum absolute atomic E-state index is 0.189. The number of amides is 1. The third-order valence-corrected chi connectivity index (χ3v) is 6.43. The van der Waals surface area contributed by atoms with Crippen molar-refractivity contribution in [2.24, 2.45) is 0 Å². The molecule has 0 saturated carbocycles. The van der Waals surface area contributed by atoms with E-state index in [-0.39, 0.29) is 12.5 Å². The Morgan fingerprint density at radius 2 is 1.85 bits per heavy atom. The van der Waals surface area contributed by atoms with Gasteiger partial charge in [0.15, 0.2) is 5.79 Å². The van der Waals surface area contributed by atoms with Gasteiger partial charge in [0.05, 0.1) is 25.2 Å². The zero-order valence-corrected chi connectivity index (χ0v) is 17.0. The Bertz CT molecular complexity index is 792. The van der Waals surface area contributed by atoms with Crippen LogP contribution in [0, 0.1) is 6.92 Å². The quantitative estimate of drug-likeness (QED) is 0.757. The number of hydrogen-bond acceptors (Lipinski definition) is 5. The summed E-state index contributed by atoms with van der Waals surface area (Å²) in [5, 5.41) is 0. The van der Waals surface area contributed by atoms with Crippen LogP contribution in [0.25, 0.3) is 0 Å². The third kappa shape index (κ3) is 4.28. The van der Waals surface area contributed by atoms with Gasteiger partial charge in [-0.3, -0.25) is 9.10 Å². The lowest BCUT2D eigenvalue weighted by Crippen LogP contribution is -2.50. The number of hydrogen-bond donors (Lipinski definition) is 0. The van der Waals surface area contributed by atoms with Crippen LogP contribution in [0.15, 0.2) is 18.2 Å². The molecular weight excluding hydrogens is 368 g/mol. The number of likely N-dealkylation sites (tertiary alicyclic amines) is 1. The molecule has 1 aromatic rings. The number of rotatable bonds is 5. The Kier molecular flexibility index (Phi) is 5.79. The predicted octanol–water partition coefficient (Wildman–Crippen LogP) is 1.69. The number of benzene rings is 1. The highest BCUT2D eigenvalue weighted by Gasteiger charge is 2.41. The van der Waals surface area contributed by atoms with Gasteiger partial charge in [0.25, 0.3) is 0 Å². The van der Waals surface area contributed by atoms with E-state index < -0.39 is 15.8 Å². The maximum Gasteiger partial charge on any atom is 0.243 e. The molecule has 0 aliphatic carbocycles. The van der Waals surface area contributed by atoms with Gasteiger partial charge in [-0.15, -0.1) is 0 Å². The molecular formula is C19H28N2O5S. The highest BCUT2D eigenvalue weighted by atomic mass is 32.2. The van der Waals surface area contributed by atoms with Crippen molar-refractivity contribution in [2.75, 3.05) is 43.4 Å². The third-order valence-electron chi connectivity index (χ3n) is 5.32. The van der Waals surface area contributed by atoms with Crippen molar-refractivity contribution in [3.05, 3.63) is 29.3 Å². The van der Waals surface area contributed by atoms with Crippen LogP contribution in [0.2, 0.25) is 0 Å². The molecule has 8 heteroatoms. The molecule has 1 spiro atoms. The van der Waals surface area contributed by atoms with E-state index in [1.54, 1.807) is 4.90 Å². The van der Waals surface area contributed by atoms with Crippen LogP contribution >= 0.6 is 0 Å².